The molecule has 1 unspecified atom stereocenters. The molecule has 0 amide bonds. The van der Waals surface area contributed by atoms with E-state index in [0.717, 1.165) is 5.56 Å². The molecule has 1 aliphatic heterocycles. The first-order chi connectivity index (χ1) is 7.65. The monoisotopic (exact) mass is 220 g/mol. The summed E-state index contributed by atoms with van der Waals surface area (Å²) in [5, 5.41) is 0. The van der Waals surface area contributed by atoms with E-state index in [2.05, 4.69) is 38.1 Å². The highest BCUT2D eigenvalue weighted by atomic mass is 16.7. The number of ether oxygens (including phenoxy) is 2. The summed E-state index contributed by atoms with van der Waals surface area (Å²) >= 11 is 0. The van der Waals surface area contributed by atoms with E-state index in [1.807, 2.05) is 6.92 Å². The molecular formula is C14H20O2. The van der Waals surface area contributed by atoms with Crippen LogP contribution in [-0.4, -0.2) is 13.2 Å². The molecule has 0 spiro atoms. The van der Waals surface area contributed by atoms with Crippen LogP contribution in [0.15, 0.2) is 24.3 Å². The smallest absolute Gasteiger partial charge is 0.192 e. The summed E-state index contributed by atoms with van der Waals surface area (Å²) in [5.41, 5.74) is 2.49. The average molecular weight is 220 g/mol. The largest absolute Gasteiger partial charge is 0.344 e. The molecule has 0 radical (unpaired) electrons. The van der Waals surface area contributed by atoms with Gasteiger partial charge in [-0.05, 0) is 24.8 Å². The minimum Gasteiger partial charge on any atom is -0.344 e. The number of hydrogen-bond donors (Lipinski definition) is 0. The Morgan fingerprint density at radius 3 is 2.25 bits per heavy atom. The third kappa shape index (κ3) is 2.13. The van der Waals surface area contributed by atoms with Gasteiger partial charge in [0, 0.05) is 5.56 Å². The summed E-state index contributed by atoms with van der Waals surface area (Å²) in [6.45, 7) is 7.81. The van der Waals surface area contributed by atoms with Crippen molar-refractivity contribution in [3.8, 4) is 0 Å². The van der Waals surface area contributed by atoms with Crippen LogP contribution in [0.4, 0.5) is 0 Å². The summed E-state index contributed by atoms with van der Waals surface area (Å²) in [4.78, 5) is 0. The quantitative estimate of drug-likeness (QED) is 0.777. The zero-order valence-electron chi connectivity index (χ0n) is 10.3. The van der Waals surface area contributed by atoms with Crippen LogP contribution in [0, 0.1) is 0 Å². The fourth-order valence-corrected chi connectivity index (χ4v) is 2.03. The molecule has 1 aliphatic rings. The molecule has 16 heavy (non-hydrogen) atoms. The average Bonchev–Trinajstić information content (AvgIpc) is 2.77. The normalized spacial score (nSPS) is 20.9. The van der Waals surface area contributed by atoms with E-state index in [4.69, 9.17) is 9.47 Å². The molecule has 2 rings (SSSR count). The highest BCUT2D eigenvalue weighted by Crippen LogP contribution is 2.31. The Labute approximate surface area is 97.6 Å². The summed E-state index contributed by atoms with van der Waals surface area (Å²) in [5.74, 6) is 0.0841. The third-order valence-electron chi connectivity index (χ3n) is 3.45. The van der Waals surface area contributed by atoms with Gasteiger partial charge in [0.05, 0.1) is 13.2 Å². The van der Waals surface area contributed by atoms with Gasteiger partial charge in [0.15, 0.2) is 5.79 Å². The standard InChI is InChI=1S/C14H20O2/c1-4-11(2)12-5-7-13(8-6-12)14(3)15-9-10-16-14/h5-8,11H,4,9-10H2,1-3H3. The Morgan fingerprint density at radius 1 is 1.19 bits per heavy atom. The lowest BCUT2D eigenvalue weighted by molar-refractivity contribution is -0.149. The van der Waals surface area contributed by atoms with Gasteiger partial charge in [0.2, 0.25) is 0 Å². The Hall–Kier alpha value is -0.860. The van der Waals surface area contributed by atoms with Crippen molar-refractivity contribution in [3.63, 3.8) is 0 Å². The van der Waals surface area contributed by atoms with Crippen molar-refractivity contribution in [2.24, 2.45) is 0 Å². The van der Waals surface area contributed by atoms with E-state index in [-0.39, 0.29) is 0 Å². The van der Waals surface area contributed by atoms with Gasteiger partial charge in [0.25, 0.3) is 0 Å². The number of benzene rings is 1. The van der Waals surface area contributed by atoms with Gasteiger partial charge in [-0.1, -0.05) is 38.1 Å². The second-order valence-corrected chi connectivity index (χ2v) is 4.57. The van der Waals surface area contributed by atoms with Crippen LogP contribution in [0.25, 0.3) is 0 Å². The molecule has 1 saturated heterocycles. The fraction of sp³-hybridized carbons (Fsp3) is 0.571. The van der Waals surface area contributed by atoms with E-state index in [9.17, 15) is 0 Å². The van der Waals surface area contributed by atoms with E-state index >= 15 is 0 Å². The van der Waals surface area contributed by atoms with Crippen LogP contribution in [0.2, 0.25) is 0 Å². The summed E-state index contributed by atoms with van der Waals surface area (Å²) in [6, 6.07) is 8.60. The second-order valence-electron chi connectivity index (χ2n) is 4.57. The molecule has 1 atom stereocenters. The topological polar surface area (TPSA) is 18.5 Å². The van der Waals surface area contributed by atoms with Crippen molar-refractivity contribution in [1.82, 2.24) is 0 Å². The minimum absolute atomic E-state index is 0.534. The van der Waals surface area contributed by atoms with E-state index < -0.39 is 5.79 Å². The summed E-state index contributed by atoms with van der Waals surface area (Å²) in [6.07, 6.45) is 1.17. The molecule has 1 fully saturated rings. The maximum atomic E-state index is 5.63. The van der Waals surface area contributed by atoms with Crippen LogP contribution >= 0.6 is 0 Å². The molecule has 0 aromatic heterocycles. The van der Waals surface area contributed by atoms with Crippen LogP contribution in [0.1, 0.15) is 44.2 Å². The van der Waals surface area contributed by atoms with Gasteiger partial charge in [0.1, 0.15) is 0 Å². The van der Waals surface area contributed by atoms with Crippen LogP contribution in [-0.2, 0) is 15.3 Å². The lowest BCUT2D eigenvalue weighted by Crippen LogP contribution is -2.22. The molecule has 1 aromatic carbocycles. The first-order valence-corrected chi connectivity index (χ1v) is 6.04. The van der Waals surface area contributed by atoms with Gasteiger partial charge in [-0.2, -0.15) is 0 Å². The SMILES string of the molecule is CCC(C)c1ccc(C2(C)OCCO2)cc1. The maximum Gasteiger partial charge on any atom is 0.192 e. The number of hydrogen-bond acceptors (Lipinski definition) is 2. The predicted molar refractivity (Wildman–Crippen MR) is 64.4 cm³/mol. The molecule has 88 valence electrons. The zero-order chi connectivity index (χ0) is 11.6. The van der Waals surface area contributed by atoms with E-state index in [1.54, 1.807) is 0 Å². The minimum atomic E-state index is -0.534. The predicted octanol–water partition coefficient (Wildman–Crippen LogP) is 3.42. The van der Waals surface area contributed by atoms with Gasteiger partial charge in [-0.25, -0.2) is 0 Å². The van der Waals surface area contributed by atoms with Gasteiger partial charge >= 0.3 is 0 Å². The Morgan fingerprint density at radius 2 is 1.75 bits per heavy atom. The number of rotatable bonds is 3. The lowest BCUT2D eigenvalue weighted by Gasteiger charge is -2.23. The molecule has 0 saturated carbocycles. The van der Waals surface area contributed by atoms with Crippen LogP contribution in [0.5, 0.6) is 0 Å². The second kappa shape index (κ2) is 4.56. The summed E-state index contributed by atoms with van der Waals surface area (Å²) in [7, 11) is 0. The first-order valence-electron chi connectivity index (χ1n) is 6.04. The fourth-order valence-electron chi connectivity index (χ4n) is 2.03. The van der Waals surface area contributed by atoms with Gasteiger partial charge < -0.3 is 9.47 Å². The Kier molecular flexibility index (Phi) is 3.31. The highest BCUT2D eigenvalue weighted by molar-refractivity contribution is 5.27. The first kappa shape index (κ1) is 11.6. The van der Waals surface area contributed by atoms with Crippen LogP contribution in [0.3, 0.4) is 0 Å². The highest BCUT2D eigenvalue weighted by Gasteiger charge is 2.32. The summed E-state index contributed by atoms with van der Waals surface area (Å²) < 4.78 is 11.3. The molecule has 1 heterocycles. The van der Waals surface area contributed by atoms with Crippen molar-refractivity contribution in [1.29, 1.82) is 0 Å². The Bertz CT molecular complexity index is 336. The molecular weight excluding hydrogens is 200 g/mol. The Balaban J connectivity index is 2.18. The van der Waals surface area contributed by atoms with Gasteiger partial charge in [-0.15, -0.1) is 0 Å². The lowest BCUT2D eigenvalue weighted by atomic mass is 9.96. The molecule has 0 bridgehead atoms. The van der Waals surface area contributed by atoms with Crippen molar-refractivity contribution in [3.05, 3.63) is 35.4 Å². The van der Waals surface area contributed by atoms with Crippen molar-refractivity contribution >= 4 is 0 Å². The van der Waals surface area contributed by atoms with Crippen molar-refractivity contribution < 1.29 is 9.47 Å². The van der Waals surface area contributed by atoms with E-state index in [0.29, 0.717) is 19.1 Å². The van der Waals surface area contributed by atoms with Crippen molar-refractivity contribution in [2.45, 2.75) is 38.9 Å². The molecule has 2 heteroatoms. The van der Waals surface area contributed by atoms with Crippen LogP contribution < -0.4 is 0 Å². The van der Waals surface area contributed by atoms with Gasteiger partial charge in [-0.3, -0.25) is 0 Å². The molecule has 0 N–H and O–H groups in total. The maximum absolute atomic E-state index is 5.63. The molecule has 0 aliphatic carbocycles. The molecule has 2 nitrogen and oxygen atoms in total. The third-order valence-corrected chi connectivity index (χ3v) is 3.45. The molecule has 1 aromatic rings. The van der Waals surface area contributed by atoms with E-state index in [1.165, 1.54) is 12.0 Å². The zero-order valence-corrected chi connectivity index (χ0v) is 10.3. The van der Waals surface area contributed by atoms with Crippen molar-refractivity contribution in [2.75, 3.05) is 13.2 Å².